The molecule has 2 aromatic rings. The minimum absolute atomic E-state index is 0.0442. The Bertz CT molecular complexity index is 727. The lowest BCUT2D eigenvalue weighted by Gasteiger charge is -2.10. The molecule has 0 fully saturated rings. The van der Waals surface area contributed by atoms with Crippen LogP contribution >= 0.6 is 15.9 Å². The van der Waals surface area contributed by atoms with Crippen LogP contribution in [0.15, 0.2) is 51.8 Å². The Balaban J connectivity index is 2.23. The van der Waals surface area contributed by atoms with Crippen LogP contribution in [0.25, 0.3) is 0 Å². The average Bonchev–Trinajstić information content (AvgIpc) is 2.44. The molecular formula is C15H16BrNO3S. The quantitative estimate of drug-likeness (QED) is 0.850. The molecule has 112 valence electrons. The van der Waals surface area contributed by atoms with Crippen LogP contribution in [0.1, 0.15) is 11.1 Å². The summed E-state index contributed by atoms with van der Waals surface area (Å²) in [5.74, 6) is 0. The van der Waals surface area contributed by atoms with Crippen molar-refractivity contribution in [3.63, 3.8) is 0 Å². The van der Waals surface area contributed by atoms with Gasteiger partial charge >= 0.3 is 0 Å². The van der Waals surface area contributed by atoms with Gasteiger partial charge in [-0.3, -0.25) is 4.72 Å². The third-order valence-electron chi connectivity index (χ3n) is 3.04. The molecular weight excluding hydrogens is 354 g/mol. The van der Waals surface area contributed by atoms with Gasteiger partial charge < -0.3 is 5.11 Å². The molecule has 2 rings (SSSR count). The molecule has 0 spiro atoms. The standard InChI is InChI=1S/C15H16BrNO3S/c1-11-10-13(4-7-15(11)16)17-21(19,20)14-5-2-12(3-6-14)8-9-18/h2-7,10,17-18H,8-9H2,1H3. The molecule has 0 aliphatic carbocycles. The fraction of sp³-hybridized carbons (Fsp3) is 0.200. The van der Waals surface area contributed by atoms with E-state index in [0.29, 0.717) is 12.1 Å². The van der Waals surface area contributed by atoms with Gasteiger partial charge in [-0.15, -0.1) is 0 Å². The monoisotopic (exact) mass is 369 g/mol. The Kier molecular flexibility index (Phi) is 5.03. The van der Waals surface area contributed by atoms with E-state index in [4.69, 9.17) is 5.11 Å². The van der Waals surface area contributed by atoms with E-state index in [0.717, 1.165) is 15.6 Å². The average molecular weight is 370 g/mol. The highest BCUT2D eigenvalue weighted by Crippen LogP contribution is 2.22. The van der Waals surface area contributed by atoms with Crippen LogP contribution in [0.3, 0.4) is 0 Å². The highest BCUT2D eigenvalue weighted by atomic mass is 79.9. The van der Waals surface area contributed by atoms with Crippen LogP contribution in [0.5, 0.6) is 0 Å². The lowest BCUT2D eigenvalue weighted by molar-refractivity contribution is 0.299. The molecule has 4 nitrogen and oxygen atoms in total. The summed E-state index contributed by atoms with van der Waals surface area (Å²) in [5, 5.41) is 8.86. The van der Waals surface area contributed by atoms with E-state index in [2.05, 4.69) is 20.7 Å². The van der Waals surface area contributed by atoms with Crippen molar-refractivity contribution >= 4 is 31.6 Å². The predicted molar refractivity (Wildman–Crippen MR) is 86.9 cm³/mol. The van der Waals surface area contributed by atoms with E-state index in [1.807, 2.05) is 6.92 Å². The van der Waals surface area contributed by atoms with Crippen LogP contribution in [0.4, 0.5) is 5.69 Å². The summed E-state index contributed by atoms with van der Waals surface area (Å²) in [6.45, 7) is 1.94. The van der Waals surface area contributed by atoms with Crippen molar-refractivity contribution in [1.82, 2.24) is 0 Å². The van der Waals surface area contributed by atoms with Gasteiger partial charge in [0.25, 0.3) is 10.0 Å². The fourth-order valence-electron chi connectivity index (χ4n) is 1.89. The Hall–Kier alpha value is -1.37. The second-order valence-corrected chi connectivity index (χ2v) is 7.22. The molecule has 0 unspecified atom stereocenters. The molecule has 0 aliphatic rings. The minimum Gasteiger partial charge on any atom is -0.396 e. The second-order valence-electron chi connectivity index (χ2n) is 4.69. The molecule has 2 N–H and O–H groups in total. The van der Waals surface area contributed by atoms with Crippen LogP contribution in [0.2, 0.25) is 0 Å². The molecule has 0 amide bonds. The maximum Gasteiger partial charge on any atom is 0.261 e. The van der Waals surface area contributed by atoms with E-state index >= 15 is 0 Å². The Morgan fingerprint density at radius 1 is 1.14 bits per heavy atom. The Labute approximate surface area is 133 Å². The molecule has 0 heterocycles. The van der Waals surface area contributed by atoms with Crippen LogP contribution in [0, 0.1) is 6.92 Å². The number of halogens is 1. The molecule has 21 heavy (non-hydrogen) atoms. The lowest BCUT2D eigenvalue weighted by Crippen LogP contribution is -2.13. The number of benzene rings is 2. The largest absolute Gasteiger partial charge is 0.396 e. The third-order valence-corrected chi connectivity index (χ3v) is 5.33. The van der Waals surface area contributed by atoms with Crippen molar-refractivity contribution in [3.05, 3.63) is 58.1 Å². The first-order valence-corrected chi connectivity index (χ1v) is 8.69. The SMILES string of the molecule is Cc1cc(NS(=O)(=O)c2ccc(CCO)cc2)ccc1Br. The van der Waals surface area contributed by atoms with E-state index in [9.17, 15) is 8.42 Å². The van der Waals surface area contributed by atoms with Gasteiger partial charge in [0, 0.05) is 16.8 Å². The van der Waals surface area contributed by atoms with Crippen molar-refractivity contribution in [2.24, 2.45) is 0 Å². The van der Waals surface area contributed by atoms with Gasteiger partial charge in [0.1, 0.15) is 0 Å². The van der Waals surface area contributed by atoms with E-state index in [1.165, 1.54) is 0 Å². The molecule has 6 heteroatoms. The zero-order valence-electron chi connectivity index (χ0n) is 11.5. The normalized spacial score (nSPS) is 11.4. The van der Waals surface area contributed by atoms with E-state index in [-0.39, 0.29) is 11.5 Å². The number of aliphatic hydroxyl groups excluding tert-OH is 1. The highest BCUT2D eigenvalue weighted by molar-refractivity contribution is 9.10. The molecule has 0 atom stereocenters. The molecule has 0 saturated carbocycles. The zero-order valence-corrected chi connectivity index (χ0v) is 13.9. The van der Waals surface area contributed by atoms with Crippen LogP contribution in [-0.4, -0.2) is 20.1 Å². The van der Waals surface area contributed by atoms with Gasteiger partial charge in [0.15, 0.2) is 0 Å². The number of sulfonamides is 1. The van der Waals surface area contributed by atoms with Gasteiger partial charge in [-0.2, -0.15) is 0 Å². The van der Waals surface area contributed by atoms with Gasteiger partial charge in [-0.25, -0.2) is 8.42 Å². The zero-order chi connectivity index (χ0) is 15.5. The number of nitrogens with one attached hydrogen (secondary N) is 1. The maximum absolute atomic E-state index is 12.3. The van der Waals surface area contributed by atoms with Crippen molar-refractivity contribution in [3.8, 4) is 0 Å². The van der Waals surface area contributed by atoms with E-state index < -0.39 is 10.0 Å². The molecule has 0 aromatic heterocycles. The van der Waals surface area contributed by atoms with Crippen molar-refractivity contribution in [2.75, 3.05) is 11.3 Å². The first kappa shape index (κ1) is 16.0. The molecule has 2 aromatic carbocycles. The minimum atomic E-state index is -3.60. The highest BCUT2D eigenvalue weighted by Gasteiger charge is 2.14. The lowest BCUT2D eigenvalue weighted by atomic mass is 10.2. The summed E-state index contributed by atoms with van der Waals surface area (Å²) >= 11 is 3.38. The van der Waals surface area contributed by atoms with Gasteiger partial charge in [0.05, 0.1) is 4.90 Å². The number of aryl methyl sites for hydroxylation is 1. The Morgan fingerprint density at radius 2 is 1.81 bits per heavy atom. The number of aliphatic hydroxyl groups is 1. The summed E-state index contributed by atoms with van der Waals surface area (Å²) < 4.78 is 28.1. The number of anilines is 1. The number of hydrogen-bond donors (Lipinski definition) is 2. The van der Waals surface area contributed by atoms with Gasteiger partial charge in [0.2, 0.25) is 0 Å². The van der Waals surface area contributed by atoms with Crippen LogP contribution in [-0.2, 0) is 16.4 Å². The summed E-state index contributed by atoms with van der Waals surface area (Å²) in [5.41, 5.74) is 2.37. The van der Waals surface area contributed by atoms with Crippen LogP contribution < -0.4 is 4.72 Å². The third kappa shape index (κ3) is 4.06. The summed E-state index contributed by atoms with van der Waals surface area (Å²) in [6.07, 6.45) is 0.514. The topological polar surface area (TPSA) is 66.4 Å². The van der Waals surface area contributed by atoms with Gasteiger partial charge in [-0.1, -0.05) is 28.1 Å². The van der Waals surface area contributed by atoms with Crippen molar-refractivity contribution in [1.29, 1.82) is 0 Å². The molecule has 0 radical (unpaired) electrons. The first-order chi connectivity index (χ1) is 9.92. The summed E-state index contributed by atoms with van der Waals surface area (Å²) in [4.78, 5) is 0.199. The first-order valence-electron chi connectivity index (χ1n) is 6.41. The maximum atomic E-state index is 12.3. The van der Waals surface area contributed by atoms with E-state index in [1.54, 1.807) is 42.5 Å². The Morgan fingerprint density at radius 3 is 2.38 bits per heavy atom. The summed E-state index contributed by atoms with van der Waals surface area (Å²) in [7, 11) is -3.60. The smallest absolute Gasteiger partial charge is 0.261 e. The van der Waals surface area contributed by atoms with Gasteiger partial charge in [-0.05, 0) is 54.8 Å². The molecule has 0 saturated heterocycles. The fourth-order valence-corrected chi connectivity index (χ4v) is 3.18. The predicted octanol–water partition coefficient (Wildman–Crippen LogP) is 3.09. The number of hydrogen-bond acceptors (Lipinski definition) is 3. The second kappa shape index (κ2) is 6.60. The number of rotatable bonds is 5. The van der Waals surface area contributed by atoms with Crippen molar-refractivity contribution < 1.29 is 13.5 Å². The summed E-state index contributed by atoms with van der Waals surface area (Å²) in [6, 6.07) is 11.8. The van der Waals surface area contributed by atoms with Crippen molar-refractivity contribution in [2.45, 2.75) is 18.2 Å². The molecule has 0 bridgehead atoms. The molecule has 0 aliphatic heterocycles.